The van der Waals surface area contributed by atoms with E-state index in [2.05, 4.69) is 57.3 Å². The highest BCUT2D eigenvalue weighted by molar-refractivity contribution is 7.99. The predicted molar refractivity (Wildman–Crippen MR) is 87.9 cm³/mol. The van der Waals surface area contributed by atoms with Gasteiger partial charge in [0, 0.05) is 17.0 Å². The molecule has 1 rings (SSSR count). The van der Waals surface area contributed by atoms with Crippen molar-refractivity contribution in [3.63, 3.8) is 0 Å². The van der Waals surface area contributed by atoms with E-state index in [4.69, 9.17) is 0 Å². The average Bonchev–Trinajstić information content (AvgIpc) is 2.37. The lowest BCUT2D eigenvalue weighted by molar-refractivity contribution is 0.424. The molecule has 0 heterocycles. The molecule has 0 fully saturated rings. The van der Waals surface area contributed by atoms with Crippen LogP contribution in [0.15, 0.2) is 29.2 Å². The summed E-state index contributed by atoms with van der Waals surface area (Å²) in [5.74, 6) is 1.25. The van der Waals surface area contributed by atoms with Crippen LogP contribution in [-0.4, -0.2) is 11.3 Å². The maximum absolute atomic E-state index is 3.52. The molecule has 0 spiro atoms. The Morgan fingerprint density at radius 2 is 1.68 bits per heavy atom. The lowest BCUT2D eigenvalue weighted by atomic mass is 10.1. The summed E-state index contributed by atoms with van der Waals surface area (Å²) in [5, 5.41) is 3.52. The molecule has 0 unspecified atom stereocenters. The van der Waals surface area contributed by atoms with Gasteiger partial charge in [-0.15, -0.1) is 11.8 Å². The Bertz CT molecular complexity index is 337. The highest BCUT2D eigenvalue weighted by Crippen LogP contribution is 2.20. The maximum atomic E-state index is 3.52. The molecular weight excluding hydrogens is 250 g/mol. The number of hydrogen-bond donors (Lipinski definition) is 1. The summed E-state index contributed by atoms with van der Waals surface area (Å²) in [6.45, 7) is 9.82. The molecule has 1 nitrogen and oxygen atoms in total. The van der Waals surface area contributed by atoms with Gasteiger partial charge in [0.1, 0.15) is 0 Å². The molecule has 2 heteroatoms. The number of rotatable bonds is 8. The predicted octanol–water partition coefficient (Wildman–Crippen LogP) is 5.25. The zero-order valence-electron chi connectivity index (χ0n) is 13.0. The van der Waals surface area contributed by atoms with Crippen LogP contribution in [0, 0.1) is 0 Å². The molecular formula is C17H29NS. The Hall–Kier alpha value is -0.470. The van der Waals surface area contributed by atoms with Crippen molar-refractivity contribution in [3.8, 4) is 0 Å². The number of unbranched alkanes of at least 4 members (excludes halogenated alkanes) is 3. The lowest BCUT2D eigenvalue weighted by Crippen LogP contribution is -2.35. The normalized spacial score (nSPS) is 11.8. The van der Waals surface area contributed by atoms with E-state index < -0.39 is 0 Å². The molecule has 1 aromatic carbocycles. The zero-order valence-corrected chi connectivity index (χ0v) is 13.8. The first-order valence-corrected chi connectivity index (χ1v) is 8.46. The number of hydrogen-bond acceptors (Lipinski definition) is 2. The molecule has 19 heavy (non-hydrogen) atoms. The van der Waals surface area contributed by atoms with Crippen LogP contribution in [0.4, 0.5) is 0 Å². The molecule has 0 bridgehead atoms. The van der Waals surface area contributed by atoms with Gasteiger partial charge < -0.3 is 5.32 Å². The minimum Gasteiger partial charge on any atom is -0.308 e. The second kappa shape index (κ2) is 8.65. The molecule has 0 saturated carbocycles. The first kappa shape index (κ1) is 16.6. The van der Waals surface area contributed by atoms with Gasteiger partial charge in [-0.25, -0.2) is 0 Å². The standard InChI is InChI=1S/C17H29NS/c1-5-6-7-8-13-19-16-11-9-15(10-12-16)14-18-17(2,3)4/h9-12,18H,5-8,13-14H2,1-4H3. The Morgan fingerprint density at radius 3 is 2.26 bits per heavy atom. The lowest BCUT2D eigenvalue weighted by Gasteiger charge is -2.20. The van der Waals surface area contributed by atoms with E-state index in [0.717, 1.165) is 6.54 Å². The first-order chi connectivity index (χ1) is 9.01. The number of thioether (sulfide) groups is 1. The molecule has 1 aromatic rings. The van der Waals surface area contributed by atoms with E-state index in [0.29, 0.717) is 0 Å². The Labute approximate surface area is 123 Å². The van der Waals surface area contributed by atoms with Crippen molar-refractivity contribution in [1.82, 2.24) is 5.32 Å². The van der Waals surface area contributed by atoms with E-state index in [1.807, 2.05) is 11.8 Å². The third kappa shape index (κ3) is 8.33. The summed E-state index contributed by atoms with van der Waals surface area (Å²) in [4.78, 5) is 1.40. The van der Waals surface area contributed by atoms with Gasteiger partial charge in [-0.2, -0.15) is 0 Å². The van der Waals surface area contributed by atoms with Crippen molar-refractivity contribution >= 4 is 11.8 Å². The van der Waals surface area contributed by atoms with Crippen LogP contribution in [0.1, 0.15) is 58.9 Å². The summed E-state index contributed by atoms with van der Waals surface area (Å²) < 4.78 is 0. The monoisotopic (exact) mass is 279 g/mol. The van der Waals surface area contributed by atoms with Gasteiger partial charge in [0.05, 0.1) is 0 Å². The van der Waals surface area contributed by atoms with Gasteiger partial charge >= 0.3 is 0 Å². The second-order valence-electron chi connectivity index (χ2n) is 6.16. The maximum Gasteiger partial charge on any atom is 0.0210 e. The van der Waals surface area contributed by atoms with Crippen molar-refractivity contribution in [2.45, 2.75) is 70.4 Å². The smallest absolute Gasteiger partial charge is 0.0210 e. The summed E-state index contributed by atoms with van der Waals surface area (Å²) in [6, 6.07) is 8.99. The quantitative estimate of drug-likeness (QED) is 0.515. The van der Waals surface area contributed by atoms with Crippen molar-refractivity contribution in [2.24, 2.45) is 0 Å². The van der Waals surface area contributed by atoms with E-state index in [9.17, 15) is 0 Å². The van der Waals surface area contributed by atoms with Crippen LogP contribution >= 0.6 is 11.8 Å². The van der Waals surface area contributed by atoms with Crippen LogP contribution in [0.3, 0.4) is 0 Å². The second-order valence-corrected chi connectivity index (χ2v) is 7.32. The van der Waals surface area contributed by atoms with Crippen LogP contribution < -0.4 is 5.32 Å². The topological polar surface area (TPSA) is 12.0 Å². The number of nitrogens with one attached hydrogen (secondary N) is 1. The van der Waals surface area contributed by atoms with E-state index in [1.165, 1.54) is 41.9 Å². The Balaban J connectivity index is 2.27. The summed E-state index contributed by atoms with van der Waals surface area (Å²) in [5.41, 5.74) is 1.55. The Morgan fingerprint density at radius 1 is 1.00 bits per heavy atom. The summed E-state index contributed by atoms with van der Waals surface area (Å²) >= 11 is 1.98. The zero-order chi connectivity index (χ0) is 14.1. The van der Waals surface area contributed by atoms with Crippen LogP contribution in [-0.2, 0) is 6.54 Å². The molecule has 0 aromatic heterocycles. The SMILES string of the molecule is CCCCCCSc1ccc(CNC(C)(C)C)cc1. The van der Waals surface area contributed by atoms with Gasteiger partial charge in [0.15, 0.2) is 0 Å². The average molecular weight is 279 g/mol. The third-order valence-corrected chi connectivity index (χ3v) is 4.11. The van der Waals surface area contributed by atoms with Crippen molar-refractivity contribution in [2.75, 3.05) is 5.75 Å². The molecule has 0 aliphatic rings. The van der Waals surface area contributed by atoms with E-state index in [1.54, 1.807) is 0 Å². The fourth-order valence-corrected chi connectivity index (χ4v) is 2.70. The minimum absolute atomic E-state index is 0.187. The summed E-state index contributed by atoms with van der Waals surface area (Å²) in [6.07, 6.45) is 5.40. The van der Waals surface area contributed by atoms with Gasteiger partial charge in [0.25, 0.3) is 0 Å². The van der Waals surface area contributed by atoms with Crippen LogP contribution in [0.25, 0.3) is 0 Å². The molecule has 0 atom stereocenters. The van der Waals surface area contributed by atoms with E-state index >= 15 is 0 Å². The van der Waals surface area contributed by atoms with Gasteiger partial charge in [-0.1, -0.05) is 38.3 Å². The highest BCUT2D eigenvalue weighted by atomic mass is 32.2. The van der Waals surface area contributed by atoms with Crippen molar-refractivity contribution in [3.05, 3.63) is 29.8 Å². The molecule has 0 amide bonds. The molecule has 0 aliphatic heterocycles. The molecule has 0 saturated heterocycles. The highest BCUT2D eigenvalue weighted by Gasteiger charge is 2.07. The number of benzene rings is 1. The minimum atomic E-state index is 0.187. The van der Waals surface area contributed by atoms with Gasteiger partial charge in [-0.05, 0) is 50.6 Å². The molecule has 108 valence electrons. The molecule has 0 aliphatic carbocycles. The van der Waals surface area contributed by atoms with Gasteiger partial charge in [-0.3, -0.25) is 0 Å². The summed E-state index contributed by atoms with van der Waals surface area (Å²) in [7, 11) is 0. The molecule has 0 radical (unpaired) electrons. The van der Waals surface area contributed by atoms with E-state index in [-0.39, 0.29) is 5.54 Å². The fourth-order valence-electron chi connectivity index (χ4n) is 1.79. The molecule has 1 N–H and O–H groups in total. The van der Waals surface area contributed by atoms with Crippen molar-refractivity contribution < 1.29 is 0 Å². The van der Waals surface area contributed by atoms with Crippen LogP contribution in [0.2, 0.25) is 0 Å². The van der Waals surface area contributed by atoms with Crippen LogP contribution in [0.5, 0.6) is 0 Å². The first-order valence-electron chi connectivity index (χ1n) is 7.48. The third-order valence-electron chi connectivity index (χ3n) is 3.01. The van der Waals surface area contributed by atoms with Gasteiger partial charge in [0.2, 0.25) is 0 Å². The Kier molecular flexibility index (Phi) is 7.55. The largest absolute Gasteiger partial charge is 0.308 e. The fraction of sp³-hybridized carbons (Fsp3) is 0.647. The van der Waals surface area contributed by atoms with Crippen molar-refractivity contribution in [1.29, 1.82) is 0 Å².